The van der Waals surface area contributed by atoms with Crippen LogP contribution in [0.25, 0.3) is 0 Å². The van der Waals surface area contributed by atoms with E-state index in [9.17, 15) is 0 Å². The molecule has 0 aromatic carbocycles. The van der Waals surface area contributed by atoms with Crippen LogP contribution in [0.1, 0.15) is 46.5 Å². The van der Waals surface area contributed by atoms with E-state index in [2.05, 4.69) is 31.0 Å². The van der Waals surface area contributed by atoms with Crippen LogP contribution in [0.2, 0.25) is 0 Å². The molecule has 1 atom stereocenters. The van der Waals surface area contributed by atoms with Gasteiger partial charge in [0, 0.05) is 38.3 Å². The molecule has 0 aromatic rings. The quantitative estimate of drug-likeness (QED) is 0.625. The average molecular weight is 286 g/mol. The van der Waals surface area contributed by atoms with Crippen LogP contribution in [0.4, 0.5) is 0 Å². The summed E-state index contributed by atoms with van der Waals surface area (Å²) >= 11 is 0. The van der Waals surface area contributed by atoms with Gasteiger partial charge in [0.15, 0.2) is 0 Å². The molecule has 20 heavy (non-hydrogen) atoms. The molecule has 120 valence electrons. The van der Waals surface area contributed by atoms with Crippen LogP contribution < -0.4 is 5.32 Å². The van der Waals surface area contributed by atoms with Gasteiger partial charge in [-0.05, 0) is 19.3 Å². The largest absolute Gasteiger partial charge is 0.382 e. The summed E-state index contributed by atoms with van der Waals surface area (Å²) in [6, 6.07) is 0.644. The average Bonchev–Trinajstić information content (AvgIpc) is 2.48. The number of ether oxygens (including phenoxy) is 2. The third-order valence-electron chi connectivity index (χ3n) is 4.72. The van der Waals surface area contributed by atoms with Crippen molar-refractivity contribution in [2.45, 2.75) is 58.0 Å². The Labute approximate surface area is 125 Å². The van der Waals surface area contributed by atoms with Crippen molar-refractivity contribution in [3.05, 3.63) is 0 Å². The summed E-state index contributed by atoms with van der Waals surface area (Å²) in [6.07, 6.45) is 4.92. The fourth-order valence-corrected chi connectivity index (χ4v) is 3.21. The van der Waals surface area contributed by atoms with Crippen molar-refractivity contribution in [1.82, 2.24) is 10.2 Å². The molecular formula is C16H34N2O2. The van der Waals surface area contributed by atoms with Crippen molar-refractivity contribution >= 4 is 0 Å². The van der Waals surface area contributed by atoms with Crippen LogP contribution in [0.15, 0.2) is 0 Å². The van der Waals surface area contributed by atoms with Gasteiger partial charge in [0.2, 0.25) is 0 Å². The number of hydrogen-bond donors (Lipinski definition) is 1. The van der Waals surface area contributed by atoms with Crippen molar-refractivity contribution in [3.8, 4) is 0 Å². The Balaban J connectivity index is 2.48. The lowest BCUT2D eigenvalue weighted by Gasteiger charge is -2.49. The van der Waals surface area contributed by atoms with Gasteiger partial charge in [-0.2, -0.15) is 0 Å². The zero-order valence-corrected chi connectivity index (χ0v) is 13.9. The Morgan fingerprint density at radius 3 is 2.50 bits per heavy atom. The lowest BCUT2D eigenvalue weighted by molar-refractivity contribution is -0.00421. The third-order valence-corrected chi connectivity index (χ3v) is 4.72. The fraction of sp³-hybridized carbons (Fsp3) is 1.00. The maximum atomic E-state index is 5.67. The summed E-state index contributed by atoms with van der Waals surface area (Å²) in [5.41, 5.74) is 0.314. The summed E-state index contributed by atoms with van der Waals surface area (Å²) in [5, 5.41) is 3.75. The molecule has 4 heteroatoms. The molecule has 1 aliphatic rings. The smallest absolute Gasteiger partial charge is 0.0700 e. The lowest BCUT2D eigenvalue weighted by Crippen LogP contribution is -2.64. The van der Waals surface area contributed by atoms with E-state index in [0.29, 0.717) is 24.8 Å². The van der Waals surface area contributed by atoms with Crippen LogP contribution in [-0.4, -0.2) is 63.0 Å². The fourth-order valence-electron chi connectivity index (χ4n) is 3.21. The van der Waals surface area contributed by atoms with E-state index in [1.54, 1.807) is 7.11 Å². The number of nitrogens with zero attached hydrogens (tertiary/aromatic N) is 1. The molecule has 1 aliphatic heterocycles. The van der Waals surface area contributed by atoms with Gasteiger partial charge < -0.3 is 14.8 Å². The molecule has 1 unspecified atom stereocenters. The number of piperazine rings is 1. The molecular weight excluding hydrogens is 252 g/mol. The Bertz CT molecular complexity index is 245. The highest BCUT2D eigenvalue weighted by Crippen LogP contribution is 2.27. The number of rotatable bonds is 10. The van der Waals surface area contributed by atoms with Crippen LogP contribution in [0.5, 0.6) is 0 Å². The van der Waals surface area contributed by atoms with Gasteiger partial charge in [0.25, 0.3) is 0 Å². The molecule has 0 aromatic heterocycles. The zero-order valence-electron chi connectivity index (χ0n) is 13.9. The highest BCUT2D eigenvalue weighted by atomic mass is 16.5. The molecule has 0 amide bonds. The van der Waals surface area contributed by atoms with Crippen molar-refractivity contribution in [2.24, 2.45) is 0 Å². The molecule has 4 nitrogen and oxygen atoms in total. The molecule has 0 bridgehead atoms. The summed E-state index contributed by atoms with van der Waals surface area (Å²) in [6.45, 7) is 12.4. The van der Waals surface area contributed by atoms with Gasteiger partial charge in [0.05, 0.1) is 19.8 Å². The molecule has 0 spiro atoms. The molecule has 1 fully saturated rings. The molecule has 1 saturated heterocycles. The SMILES string of the molecule is CCCC1CN(CCOCCOC)C(CC)(CC)CN1. The van der Waals surface area contributed by atoms with Crippen LogP contribution >= 0.6 is 0 Å². The number of hydrogen-bond acceptors (Lipinski definition) is 4. The second kappa shape index (κ2) is 9.72. The van der Waals surface area contributed by atoms with Crippen LogP contribution in [0, 0.1) is 0 Å². The molecule has 0 saturated carbocycles. The molecule has 0 radical (unpaired) electrons. The predicted molar refractivity (Wildman–Crippen MR) is 84.3 cm³/mol. The summed E-state index contributed by atoms with van der Waals surface area (Å²) in [7, 11) is 1.72. The van der Waals surface area contributed by atoms with E-state index in [-0.39, 0.29) is 0 Å². The van der Waals surface area contributed by atoms with Gasteiger partial charge in [-0.3, -0.25) is 4.90 Å². The monoisotopic (exact) mass is 286 g/mol. The summed E-state index contributed by atoms with van der Waals surface area (Å²) < 4.78 is 10.7. The van der Waals surface area contributed by atoms with Crippen LogP contribution in [0.3, 0.4) is 0 Å². The minimum absolute atomic E-state index is 0.314. The minimum Gasteiger partial charge on any atom is -0.382 e. The van der Waals surface area contributed by atoms with Crippen molar-refractivity contribution in [3.63, 3.8) is 0 Å². The van der Waals surface area contributed by atoms with E-state index in [1.165, 1.54) is 25.7 Å². The second-order valence-electron chi connectivity index (χ2n) is 5.85. The van der Waals surface area contributed by atoms with Gasteiger partial charge in [-0.1, -0.05) is 27.2 Å². The van der Waals surface area contributed by atoms with Crippen molar-refractivity contribution in [2.75, 3.05) is 46.6 Å². The lowest BCUT2D eigenvalue weighted by atomic mass is 9.86. The third kappa shape index (κ3) is 4.99. The first kappa shape index (κ1) is 17.9. The Hall–Kier alpha value is -0.160. The van der Waals surface area contributed by atoms with E-state index in [0.717, 1.165) is 26.2 Å². The van der Waals surface area contributed by atoms with Crippen LogP contribution in [-0.2, 0) is 9.47 Å². The first-order valence-electron chi connectivity index (χ1n) is 8.27. The molecule has 1 rings (SSSR count). The number of nitrogens with one attached hydrogen (secondary N) is 1. The standard InChI is InChI=1S/C16H34N2O2/c1-5-8-15-13-18(9-10-20-12-11-19-4)16(6-2,7-3)14-17-15/h15,17H,5-14H2,1-4H3. The van der Waals surface area contributed by atoms with E-state index in [1.807, 2.05) is 0 Å². The van der Waals surface area contributed by atoms with E-state index < -0.39 is 0 Å². The maximum Gasteiger partial charge on any atom is 0.0700 e. The minimum atomic E-state index is 0.314. The second-order valence-corrected chi connectivity index (χ2v) is 5.85. The Kier molecular flexibility index (Phi) is 8.69. The highest BCUT2D eigenvalue weighted by Gasteiger charge is 2.38. The zero-order chi connectivity index (χ0) is 14.8. The van der Waals surface area contributed by atoms with Crippen molar-refractivity contribution < 1.29 is 9.47 Å². The molecule has 0 aliphatic carbocycles. The highest BCUT2D eigenvalue weighted by molar-refractivity contribution is 4.97. The van der Waals surface area contributed by atoms with E-state index >= 15 is 0 Å². The Morgan fingerprint density at radius 1 is 1.15 bits per heavy atom. The van der Waals surface area contributed by atoms with Gasteiger partial charge >= 0.3 is 0 Å². The van der Waals surface area contributed by atoms with Gasteiger partial charge in [-0.15, -0.1) is 0 Å². The van der Waals surface area contributed by atoms with Crippen molar-refractivity contribution in [1.29, 1.82) is 0 Å². The first-order valence-corrected chi connectivity index (χ1v) is 8.27. The molecule has 1 heterocycles. The summed E-state index contributed by atoms with van der Waals surface area (Å²) in [4.78, 5) is 2.66. The maximum absolute atomic E-state index is 5.67. The Morgan fingerprint density at radius 2 is 1.90 bits per heavy atom. The first-order chi connectivity index (χ1) is 9.72. The topological polar surface area (TPSA) is 33.7 Å². The van der Waals surface area contributed by atoms with E-state index in [4.69, 9.17) is 9.47 Å². The number of methoxy groups -OCH3 is 1. The van der Waals surface area contributed by atoms with Gasteiger partial charge in [0.1, 0.15) is 0 Å². The normalized spacial score (nSPS) is 23.1. The summed E-state index contributed by atoms with van der Waals surface area (Å²) in [5.74, 6) is 0. The molecule has 1 N–H and O–H groups in total. The van der Waals surface area contributed by atoms with Gasteiger partial charge in [-0.25, -0.2) is 0 Å². The predicted octanol–water partition coefficient (Wildman–Crippen LogP) is 2.28.